The first-order valence-corrected chi connectivity index (χ1v) is 9.51. The largest absolute Gasteiger partial charge is 0.365 e. The summed E-state index contributed by atoms with van der Waals surface area (Å²) in [7, 11) is -1.84. The number of hydrogen-bond acceptors (Lipinski definition) is 2. The Kier molecular flexibility index (Phi) is 4.21. The maximum absolute atomic E-state index is 12.3. The van der Waals surface area contributed by atoms with E-state index in [9.17, 15) is 9.59 Å². The van der Waals surface area contributed by atoms with Crippen molar-refractivity contribution < 1.29 is 9.59 Å². The lowest BCUT2D eigenvalue weighted by Crippen LogP contribution is -2.72. The molecule has 102 valence electrons. The Morgan fingerprint density at radius 2 is 1.89 bits per heavy atom. The van der Waals surface area contributed by atoms with Crippen LogP contribution in [0.3, 0.4) is 0 Å². The van der Waals surface area contributed by atoms with Crippen molar-refractivity contribution >= 4 is 20.4 Å². The fourth-order valence-electron chi connectivity index (χ4n) is 2.46. The minimum Gasteiger partial charge on any atom is -0.365 e. The van der Waals surface area contributed by atoms with Crippen LogP contribution in [0.15, 0.2) is 12.7 Å². The second-order valence-electron chi connectivity index (χ2n) is 6.62. The average Bonchev–Trinajstić information content (AvgIpc) is 2.23. The molecule has 0 aliphatic carbocycles. The Morgan fingerprint density at radius 1 is 1.33 bits per heavy atom. The molecule has 1 saturated heterocycles. The van der Waals surface area contributed by atoms with Crippen molar-refractivity contribution in [1.29, 1.82) is 0 Å². The first-order valence-electron chi connectivity index (χ1n) is 6.56. The minimum atomic E-state index is -1.84. The number of carbonyl (C=O) groups excluding carboxylic acids is 2. The summed E-state index contributed by atoms with van der Waals surface area (Å²) in [6.07, 6.45) is 3.86. The highest BCUT2D eigenvalue weighted by molar-refractivity contribution is 6.80. The molecule has 3 nitrogen and oxygen atoms in total. The van der Waals surface area contributed by atoms with Gasteiger partial charge in [0.05, 0.1) is 5.92 Å². The van der Waals surface area contributed by atoms with Crippen LogP contribution in [-0.2, 0) is 9.59 Å². The van der Waals surface area contributed by atoms with Gasteiger partial charge in [-0.1, -0.05) is 39.9 Å². The summed E-state index contributed by atoms with van der Waals surface area (Å²) in [6, 6.07) is 0.182. The molecular formula is C14H25NO2Si. The summed E-state index contributed by atoms with van der Waals surface area (Å²) >= 11 is 0. The second kappa shape index (κ2) is 5.00. The molecule has 0 bridgehead atoms. The maximum atomic E-state index is 12.3. The van der Waals surface area contributed by atoms with Crippen molar-refractivity contribution in [2.45, 2.75) is 57.8 Å². The van der Waals surface area contributed by atoms with Gasteiger partial charge < -0.3 is 9.36 Å². The number of β-lactam (4-membered cyclic amide) rings is 1. The Labute approximate surface area is 111 Å². The van der Waals surface area contributed by atoms with E-state index in [-0.39, 0.29) is 22.9 Å². The van der Waals surface area contributed by atoms with Gasteiger partial charge in [0.25, 0.3) is 0 Å². The van der Waals surface area contributed by atoms with E-state index in [1.165, 1.54) is 0 Å². The van der Waals surface area contributed by atoms with Crippen LogP contribution in [0.25, 0.3) is 0 Å². The van der Waals surface area contributed by atoms with Crippen molar-refractivity contribution in [2.75, 3.05) is 0 Å². The molecule has 2 atom stereocenters. The third-order valence-electron chi connectivity index (χ3n) is 4.55. The normalized spacial score (nSPS) is 24.7. The molecule has 0 aromatic carbocycles. The molecular weight excluding hydrogens is 242 g/mol. The first kappa shape index (κ1) is 15.2. The van der Waals surface area contributed by atoms with Crippen LogP contribution in [0, 0.1) is 5.92 Å². The zero-order valence-corrected chi connectivity index (χ0v) is 13.2. The highest BCUT2D eigenvalue weighted by atomic mass is 28.3. The van der Waals surface area contributed by atoms with Gasteiger partial charge in [0.15, 0.2) is 8.24 Å². The molecule has 2 unspecified atom stereocenters. The van der Waals surface area contributed by atoms with Gasteiger partial charge in [-0.05, 0) is 11.5 Å². The standard InChI is InChI=1S/C14H25NO2Si/c1-7-8-12-11(9-10-16)13(17)15(12)18(5,6)14(2,3)4/h7,10-12H,1,8-9H2,2-6H3. The maximum Gasteiger partial charge on any atom is 0.220 e. The molecule has 0 aromatic heterocycles. The van der Waals surface area contributed by atoms with Crippen molar-refractivity contribution in [2.24, 2.45) is 5.92 Å². The summed E-state index contributed by atoms with van der Waals surface area (Å²) in [5.41, 5.74) is 0. The summed E-state index contributed by atoms with van der Waals surface area (Å²) in [5, 5.41) is 0.133. The number of hydrogen-bond donors (Lipinski definition) is 0. The van der Waals surface area contributed by atoms with E-state index in [0.29, 0.717) is 6.42 Å². The van der Waals surface area contributed by atoms with Gasteiger partial charge in [0.1, 0.15) is 6.29 Å². The lowest BCUT2D eigenvalue weighted by atomic mass is 9.86. The fraction of sp³-hybridized carbons (Fsp3) is 0.714. The molecule has 1 rings (SSSR count). The van der Waals surface area contributed by atoms with E-state index >= 15 is 0 Å². The summed E-state index contributed by atoms with van der Waals surface area (Å²) in [6.45, 7) is 14.8. The van der Waals surface area contributed by atoms with Gasteiger partial charge in [-0.3, -0.25) is 4.79 Å². The van der Waals surface area contributed by atoms with Crippen LogP contribution in [0.4, 0.5) is 0 Å². The molecule has 0 saturated carbocycles. The van der Waals surface area contributed by atoms with Crippen LogP contribution < -0.4 is 0 Å². The summed E-state index contributed by atoms with van der Waals surface area (Å²) < 4.78 is 2.09. The molecule has 1 heterocycles. The Hall–Kier alpha value is -0.903. The Balaban J connectivity index is 2.98. The quantitative estimate of drug-likeness (QED) is 0.332. The molecule has 1 aliphatic heterocycles. The smallest absolute Gasteiger partial charge is 0.220 e. The van der Waals surface area contributed by atoms with Crippen molar-refractivity contribution in [3.8, 4) is 0 Å². The Morgan fingerprint density at radius 3 is 2.28 bits per heavy atom. The van der Waals surface area contributed by atoms with Crippen LogP contribution in [0.2, 0.25) is 18.1 Å². The lowest BCUT2D eigenvalue weighted by molar-refractivity contribution is -0.149. The van der Waals surface area contributed by atoms with Gasteiger partial charge >= 0.3 is 0 Å². The SMILES string of the molecule is C=CCC1C(CC=O)C(=O)N1[Si](C)(C)C(C)(C)C. The van der Waals surface area contributed by atoms with E-state index in [0.717, 1.165) is 12.7 Å². The van der Waals surface area contributed by atoms with E-state index in [1.54, 1.807) is 0 Å². The minimum absolute atomic E-state index is 0.116. The molecule has 0 radical (unpaired) electrons. The lowest BCUT2D eigenvalue weighted by Gasteiger charge is -2.58. The third kappa shape index (κ3) is 2.30. The molecule has 0 spiro atoms. The van der Waals surface area contributed by atoms with Gasteiger partial charge in [0, 0.05) is 12.5 Å². The number of carbonyl (C=O) groups is 2. The zero-order chi connectivity index (χ0) is 14.1. The number of nitrogens with zero attached hydrogens (tertiary/aromatic N) is 1. The Bertz CT molecular complexity index is 357. The topological polar surface area (TPSA) is 37.4 Å². The van der Waals surface area contributed by atoms with Gasteiger partial charge in [0.2, 0.25) is 5.91 Å². The van der Waals surface area contributed by atoms with E-state index in [1.807, 2.05) is 6.08 Å². The van der Waals surface area contributed by atoms with Crippen LogP contribution >= 0.6 is 0 Å². The van der Waals surface area contributed by atoms with Crippen LogP contribution in [0.1, 0.15) is 33.6 Å². The van der Waals surface area contributed by atoms with Crippen molar-refractivity contribution in [1.82, 2.24) is 4.57 Å². The van der Waals surface area contributed by atoms with E-state index in [2.05, 4.69) is 45.0 Å². The predicted molar refractivity (Wildman–Crippen MR) is 76.8 cm³/mol. The van der Waals surface area contributed by atoms with Gasteiger partial charge in [-0.25, -0.2) is 0 Å². The molecule has 1 amide bonds. The molecule has 4 heteroatoms. The molecule has 1 fully saturated rings. The van der Waals surface area contributed by atoms with Gasteiger partial charge in [-0.15, -0.1) is 6.58 Å². The average molecular weight is 267 g/mol. The zero-order valence-electron chi connectivity index (χ0n) is 12.2. The second-order valence-corrected chi connectivity index (χ2v) is 11.7. The molecule has 1 aliphatic rings. The fourth-order valence-corrected chi connectivity index (χ4v) is 5.01. The molecule has 0 N–H and O–H groups in total. The summed E-state index contributed by atoms with van der Waals surface area (Å²) in [4.78, 5) is 23.0. The van der Waals surface area contributed by atoms with Gasteiger partial charge in [-0.2, -0.15) is 0 Å². The number of amides is 1. The van der Waals surface area contributed by atoms with Crippen molar-refractivity contribution in [3.63, 3.8) is 0 Å². The molecule has 18 heavy (non-hydrogen) atoms. The predicted octanol–water partition coefficient (Wildman–Crippen LogP) is 2.98. The highest BCUT2D eigenvalue weighted by Gasteiger charge is 2.56. The highest BCUT2D eigenvalue weighted by Crippen LogP contribution is 2.46. The van der Waals surface area contributed by atoms with E-state index in [4.69, 9.17) is 0 Å². The number of aldehydes is 1. The van der Waals surface area contributed by atoms with Crippen LogP contribution in [0.5, 0.6) is 0 Å². The van der Waals surface area contributed by atoms with Crippen LogP contribution in [-0.4, -0.2) is 31.0 Å². The monoisotopic (exact) mass is 267 g/mol. The third-order valence-corrected chi connectivity index (χ3v) is 9.97. The number of rotatable bonds is 5. The summed E-state index contributed by atoms with van der Waals surface area (Å²) in [5.74, 6) is 0.0511. The van der Waals surface area contributed by atoms with E-state index < -0.39 is 8.24 Å². The molecule has 0 aromatic rings. The first-order chi connectivity index (χ1) is 8.18. The van der Waals surface area contributed by atoms with Crippen molar-refractivity contribution in [3.05, 3.63) is 12.7 Å².